The van der Waals surface area contributed by atoms with Crippen molar-refractivity contribution in [2.24, 2.45) is 13.0 Å². The molecule has 1 aromatic carbocycles. The number of aromatic nitrogens is 2. The van der Waals surface area contributed by atoms with Crippen molar-refractivity contribution in [2.75, 3.05) is 33.7 Å². The van der Waals surface area contributed by atoms with Crippen LogP contribution in [0.15, 0.2) is 24.3 Å². The number of hydrogen-bond acceptors (Lipinski definition) is 4. The summed E-state index contributed by atoms with van der Waals surface area (Å²) in [5, 5.41) is 8.49. The number of nitrogens with one attached hydrogen (secondary N) is 1. The fraction of sp³-hybridized carbons (Fsp3) is 0.579. The molecule has 4 rings (SSSR count). The molecule has 2 fully saturated rings. The van der Waals surface area contributed by atoms with Crippen LogP contribution < -0.4 is 5.32 Å². The zero-order chi connectivity index (χ0) is 17.6. The molecule has 0 radical (unpaired) electrons. The van der Waals surface area contributed by atoms with Crippen molar-refractivity contribution in [2.45, 2.75) is 24.9 Å². The number of piperazine rings is 1. The minimum Gasteiger partial charge on any atom is -0.350 e. The lowest BCUT2D eigenvalue weighted by Gasteiger charge is -2.50. The molecule has 6 nitrogen and oxygen atoms in total. The second-order valence-corrected chi connectivity index (χ2v) is 7.73. The van der Waals surface area contributed by atoms with E-state index in [4.69, 9.17) is 0 Å². The Morgan fingerprint density at radius 2 is 1.84 bits per heavy atom. The smallest absolute Gasteiger partial charge is 0.272 e. The van der Waals surface area contributed by atoms with Crippen LogP contribution in [0.4, 0.5) is 0 Å². The van der Waals surface area contributed by atoms with E-state index in [0.717, 1.165) is 43.4 Å². The van der Waals surface area contributed by atoms with Gasteiger partial charge in [0, 0.05) is 44.2 Å². The average Bonchev–Trinajstić information content (AvgIpc) is 2.92. The van der Waals surface area contributed by atoms with Crippen LogP contribution in [0.5, 0.6) is 0 Å². The maximum atomic E-state index is 12.7. The van der Waals surface area contributed by atoms with Crippen molar-refractivity contribution in [1.82, 2.24) is 24.9 Å². The van der Waals surface area contributed by atoms with Crippen molar-refractivity contribution in [3.63, 3.8) is 0 Å². The molecule has 3 heterocycles. The number of benzene rings is 1. The molecule has 2 bridgehead atoms. The molecule has 2 aliphatic rings. The molecule has 2 aromatic rings. The number of carbonyl (C=O) groups is 1. The van der Waals surface area contributed by atoms with Crippen LogP contribution in [0.3, 0.4) is 0 Å². The molecule has 2 saturated heterocycles. The summed E-state index contributed by atoms with van der Waals surface area (Å²) in [7, 11) is 6.34. The summed E-state index contributed by atoms with van der Waals surface area (Å²) in [6.07, 6.45) is 2.31. The molecule has 0 aliphatic carbocycles. The van der Waals surface area contributed by atoms with Crippen molar-refractivity contribution in [3.8, 4) is 0 Å². The monoisotopic (exact) mass is 341 g/mol. The van der Waals surface area contributed by atoms with Crippen molar-refractivity contribution >= 4 is 16.8 Å². The van der Waals surface area contributed by atoms with Crippen LogP contribution in [-0.2, 0) is 7.05 Å². The first-order valence-electron chi connectivity index (χ1n) is 9.13. The van der Waals surface area contributed by atoms with Gasteiger partial charge in [-0.25, -0.2) is 0 Å². The molecular formula is C19H27N5O. The van der Waals surface area contributed by atoms with Gasteiger partial charge in [0.05, 0.1) is 5.52 Å². The number of para-hydroxylation sites is 1. The lowest BCUT2D eigenvalue weighted by atomic mass is 9.83. The number of aryl methyl sites for hydroxylation is 1. The van der Waals surface area contributed by atoms with Gasteiger partial charge in [0.2, 0.25) is 0 Å². The predicted octanol–water partition coefficient (Wildman–Crippen LogP) is 1.33. The highest BCUT2D eigenvalue weighted by Crippen LogP contribution is 2.30. The third-order valence-corrected chi connectivity index (χ3v) is 5.93. The Bertz CT molecular complexity index is 769. The van der Waals surface area contributed by atoms with Gasteiger partial charge in [-0.1, -0.05) is 18.2 Å². The first kappa shape index (κ1) is 16.5. The van der Waals surface area contributed by atoms with Crippen LogP contribution in [0, 0.1) is 5.92 Å². The summed E-state index contributed by atoms with van der Waals surface area (Å²) in [6, 6.07) is 9.10. The lowest BCUT2D eigenvalue weighted by Crippen LogP contribution is -2.60. The second-order valence-electron chi connectivity index (χ2n) is 7.73. The Labute approximate surface area is 148 Å². The summed E-state index contributed by atoms with van der Waals surface area (Å²) in [5.74, 6) is 0.497. The fourth-order valence-electron chi connectivity index (χ4n) is 4.57. The van der Waals surface area contributed by atoms with Gasteiger partial charge in [-0.2, -0.15) is 5.10 Å². The Morgan fingerprint density at radius 1 is 1.16 bits per heavy atom. The molecule has 134 valence electrons. The third kappa shape index (κ3) is 3.04. The zero-order valence-electron chi connectivity index (χ0n) is 15.3. The molecule has 2 atom stereocenters. The Kier molecular flexibility index (Phi) is 4.25. The van der Waals surface area contributed by atoms with E-state index in [-0.39, 0.29) is 5.91 Å². The normalized spacial score (nSPS) is 27.6. The van der Waals surface area contributed by atoms with Gasteiger partial charge < -0.3 is 10.2 Å². The van der Waals surface area contributed by atoms with Crippen LogP contribution >= 0.6 is 0 Å². The number of nitrogens with zero attached hydrogens (tertiary/aromatic N) is 4. The molecule has 0 spiro atoms. The van der Waals surface area contributed by atoms with Crippen LogP contribution in [0.1, 0.15) is 23.3 Å². The highest BCUT2D eigenvalue weighted by molar-refractivity contribution is 6.04. The largest absolute Gasteiger partial charge is 0.350 e. The van der Waals surface area contributed by atoms with Crippen LogP contribution in [0.25, 0.3) is 10.9 Å². The van der Waals surface area contributed by atoms with E-state index in [1.54, 1.807) is 4.68 Å². The topological polar surface area (TPSA) is 53.4 Å². The molecule has 1 amide bonds. The van der Waals surface area contributed by atoms with Crippen molar-refractivity contribution in [3.05, 3.63) is 30.0 Å². The molecule has 1 N–H and O–H groups in total. The van der Waals surface area contributed by atoms with Gasteiger partial charge in [0.1, 0.15) is 0 Å². The van der Waals surface area contributed by atoms with Gasteiger partial charge >= 0.3 is 0 Å². The van der Waals surface area contributed by atoms with E-state index in [0.29, 0.717) is 23.7 Å². The van der Waals surface area contributed by atoms with Gasteiger partial charge in [0.25, 0.3) is 5.91 Å². The number of hydrogen-bond donors (Lipinski definition) is 1. The maximum Gasteiger partial charge on any atom is 0.272 e. The van der Waals surface area contributed by atoms with E-state index in [2.05, 4.69) is 34.3 Å². The summed E-state index contributed by atoms with van der Waals surface area (Å²) >= 11 is 0. The molecular weight excluding hydrogens is 314 g/mol. The van der Waals surface area contributed by atoms with E-state index < -0.39 is 0 Å². The lowest BCUT2D eigenvalue weighted by molar-refractivity contribution is -0.00139. The van der Waals surface area contributed by atoms with Crippen molar-refractivity contribution < 1.29 is 4.79 Å². The Balaban J connectivity index is 1.42. The SMILES string of the molecule is CN1CC2CC(CNC(=O)c3nn(C)c4ccccc34)CC(C1)N2C. The molecule has 25 heavy (non-hydrogen) atoms. The number of amides is 1. The summed E-state index contributed by atoms with van der Waals surface area (Å²) in [6.45, 7) is 3.00. The number of likely N-dealkylation sites (tertiary alicyclic amines) is 1. The zero-order valence-corrected chi connectivity index (χ0v) is 15.3. The van der Waals surface area contributed by atoms with E-state index in [9.17, 15) is 4.79 Å². The summed E-state index contributed by atoms with van der Waals surface area (Å²) in [4.78, 5) is 17.6. The van der Waals surface area contributed by atoms with Gasteiger partial charge in [-0.05, 0) is 38.9 Å². The minimum atomic E-state index is -0.0574. The summed E-state index contributed by atoms with van der Waals surface area (Å²) < 4.78 is 1.78. The number of fused-ring (bicyclic) bond motifs is 3. The highest BCUT2D eigenvalue weighted by Gasteiger charge is 2.38. The first-order chi connectivity index (χ1) is 12.0. The van der Waals surface area contributed by atoms with Crippen molar-refractivity contribution in [1.29, 1.82) is 0 Å². The van der Waals surface area contributed by atoms with E-state index >= 15 is 0 Å². The predicted molar refractivity (Wildman–Crippen MR) is 98.6 cm³/mol. The van der Waals surface area contributed by atoms with Crippen LogP contribution in [-0.4, -0.2) is 71.3 Å². The third-order valence-electron chi connectivity index (χ3n) is 5.93. The van der Waals surface area contributed by atoms with E-state index in [1.807, 2.05) is 31.3 Å². The number of rotatable bonds is 3. The maximum absolute atomic E-state index is 12.7. The highest BCUT2D eigenvalue weighted by atomic mass is 16.1. The van der Waals surface area contributed by atoms with Crippen LogP contribution in [0.2, 0.25) is 0 Å². The Hall–Kier alpha value is -1.92. The number of likely N-dealkylation sites (N-methyl/N-ethyl adjacent to an activating group) is 2. The van der Waals surface area contributed by atoms with Gasteiger partial charge in [0.15, 0.2) is 5.69 Å². The van der Waals surface area contributed by atoms with Gasteiger partial charge in [-0.3, -0.25) is 14.4 Å². The Morgan fingerprint density at radius 3 is 2.56 bits per heavy atom. The van der Waals surface area contributed by atoms with Gasteiger partial charge in [-0.15, -0.1) is 0 Å². The number of piperidine rings is 1. The molecule has 2 unspecified atom stereocenters. The number of carbonyl (C=O) groups excluding carboxylic acids is 1. The summed E-state index contributed by atoms with van der Waals surface area (Å²) in [5.41, 5.74) is 1.52. The quantitative estimate of drug-likeness (QED) is 0.915. The second kappa shape index (κ2) is 6.42. The first-order valence-corrected chi connectivity index (χ1v) is 9.13. The minimum absolute atomic E-state index is 0.0574. The molecule has 0 saturated carbocycles. The standard InChI is InChI=1S/C19H27N5O/c1-22-11-14-8-13(9-15(12-22)23(14)2)10-20-19(25)18-16-6-4-5-7-17(16)24(3)21-18/h4-7,13-15H,8-12H2,1-3H3,(H,20,25). The van der Waals surface area contributed by atoms with E-state index in [1.165, 1.54) is 0 Å². The fourth-order valence-corrected chi connectivity index (χ4v) is 4.57. The molecule has 2 aliphatic heterocycles. The molecule has 1 aromatic heterocycles. The average molecular weight is 341 g/mol. The molecule has 6 heteroatoms.